The number of hydrogen-bond donors (Lipinski definition) is 1. The maximum Gasteiger partial charge on any atom is 0.337 e. The number of furan rings is 1. The summed E-state index contributed by atoms with van der Waals surface area (Å²) < 4.78 is 7.78. The van der Waals surface area contributed by atoms with Crippen LogP contribution in [0.5, 0.6) is 0 Å². The Morgan fingerprint density at radius 3 is 2.47 bits per heavy atom. The van der Waals surface area contributed by atoms with E-state index in [9.17, 15) is 9.90 Å². The third kappa shape index (κ3) is 2.62. The van der Waals surface area contributed by atoms with Crippen molar-refractivity contribution < 1.29 is 14.3 Å². The molecule has 1 aromatic heterocycles. The van der Waals surface area contributed by atoms with Crippen molar-refractivity contribution in [3.05, 3.63) is 40.7 Å². The number of carboxylic acids is 1. The van der Waals surface area contributed by atoms with Gasteiger partial charge in [-0.1, -0.05) is 0 Å². The number of hydrogen-bond acceptors (Lipinski definition) is 2. The van der Waals surface area contributed by atoms with Crippen LogP contribution in [-0.4, -0.2) is 11.1 Å². The van der Waals surface area contributed by atoms with Gasteiger partial charge in [-0.25, -0.2) is 4.79 Å². The van der Waals surface area contributed by atoms with E-state index in [4.69, 9.17) is 4.42 Å². The van der Waals surface area contributed by atoms with Gasteiger partial charge in [0.05, 0.1) is 11.8 Å². The Morgan fingerprint density at radius 2 is 1.94 bits per heavy atom. The average molecular weight is 566 g/mol. The van der Waals surface area contributed by atoms with Gasteiger partial charge in [0.2, 0.25) is 0 Å². The fourth-order valence-electron chi connectivity index (χ4n) is 1.43. The Bertz CT molecular complexity index is 576. The summed E-state index contributed by atoms with van der Waals surface area (Å²) in [6.07, 6.45) is 1.58. The third-order valence-corrected chi connectivity index (χ3v) is 4.93. The van der Waals surface area contributed by atoms with Gasteiger partial charge in [0.25, 0.3) is 0 Å². The van der Waals surface area contributed by atoms with E-state index < -0.39 is 5.97 Å². The van der Waals surface area contributed by atoms with Crippen molar-refractivity contribution in [3.8, 4) is 11.3 Å². The van der Waals surface area contributed by atoms with Crippen molar-refractivity contribution in [2.24, 2.45) is 0 Å². The summed E-state index contributed by atoms with van der Waals surface area (Å²) in [5.74, 6) is -0.222. The number of aromatic carboxylic acids is 1. The monoisotopic (exact) mass is 566 g/mol. The standard InChI is InChI=1S/C11H5I3O3/c12-5-4-6(13)9(11(15)16)10(14)8(5)7-2-1-3-17-7/h1-4H,(H,15,16). The zero-order valence-electron chi connectivity index (χ0n) is 8.21. The lowest BCUT2D eigenvalue weighted by molar-refractivity contribution is 0.0694. The van der Waals surface area contributed by atoms with Crippen molar-refractivity contribution >= 4 is 73.7 Å². The van der Waals surface area contributed by atoms with Crippen LogP contribution in [0.25, 0.3) is 11.3 Å². The van der Waals surface area contributed by atoms with Crippen molar-refractivity contribution in [2.75, 3.05) is 0 Å². The van der Waals surface area contributed by atoms with E-state index in [1.54, 1.807) is 12.3 Å². The molecule has 1 aromatic carbocycles. The summed E-state index contributed by atoms with van der Waals surface area (Å²) in [5.41, 5.74) is 1.17. The van der Waals surface area contributed by atoms with Crippen LogP contribution in [0.1, 0.15) is 10.4 Å². The van der Waals surface area contributed by atoms with Crippen LogP contribution < -0.4 is 0 Å². The van der Waals surface area contributed by atoms with E-state index >= 15 is 0 Å². The first-order valence-electron chi connectivity index (χ1n) is 4.47. The van der Waals surface area contributed by atoms with Crippen molar-refractivity contribution in [1.29, 1.82) is 0 Å². The van der Waals surface area contributed by atoms with Crippen LogP contribution in [0, 0.1) is 10.7 Å². The molecule has 17 heavy (non-hydrogen) atoms. The van der Waals surface area contributed by atoms with Gasteiger partial charge < -0.3 is 9.52 Å². The molecule has 0 aliphatic carbocycles. The molecule has 0 unspecified atom stereocenters. The smallest absolute Gasteiger partial charge is 0.337 e. The Kier molecular flexibility index (Phi) is 4.34. The summed E-state index contributed by atoms with van der Waals surface area (Å²) in [7, 11) is 0. The van der Waals surface area contributed by atoms with E-state index in [1.165, 1.54) is 0 Å². The second kappa shape index (κ2) is 5.43. The molecule has 3 nitrogen and oxygen atoms in total. The van der Waals surface area contributed by atoms with E-state index in [1.807, 2.05) is 34.7 Å². The molecule has 0 bridgehead atoms. The summed E-state index contributed by atoms with van der Waals surface area (Å²) in [5, 5.41) is 9.22. The number of rotatable bonds is 2. The van der Waals surface area contributed by atoms with Crippen molar-refractivity contribution in [3.63, 3.8) is 0 Å². The minimum absolute atomic E-state index is 0.331. The van der Waals surface area contributed by atoms with Crippen LogP contribution in [0.2, 0.25) is 0 Å². The highest BCUT2D eigenvalue weighted by Gasteiger charge is 2.21. The molecular weight excluding hydrogens is 561 g/mol. The molecule has 0 saturated heterocycles. The molecule has 0 aliphatic heterocycles. The van der Waals surface area contributed by atoms with Gasteiger partial charge >= 0.3 is 5.97 Å². The first kappa shape index (κ1) is 13.6. The highest BCUT2D eigenvalue weighted by Crippen LogP contribution is 2.35. The zero-order chi connectivity index (χ0) is 12.6. The van der Waals surface area contributed by atoms with Crippen molar-refractivity contribution in [2.45, 2.75) is 0 Å². The van der Waals surface area contributed by atoms with E-state index in [-0.39, 0.29) is 0 Å². The van der Waals surface area contributed by atoms with E-state index in [2.05, 4.69) is 45.2 Å². The molecule has 88 valence electrons. The maximum atomic E-state index is 11.2. The molecule has 1 heterocycles. The van der Waals surface area contributed by atoms with E-state index in [0.29, 0.717) is 14.9 Å². The molecule has 0 atom stereocenters. The molecule has 0 fully saturated rings. The molecule has 0 spiro atoms. The topological polar surface area (TPSA) is 50.4 Å². The first-order chi connectivity index (χ1) is 8.02. The van der Waals surface area contributed by atoms with Gasteiger partial charge in [0.1, 0.15) is 5.76 Å². The zero-order valence-corrected chi connectivity index (χ0v) is 14.7. The summed E-state index contributed by atoms with van der Waals surface area (Å²) >= 11 is 6.29. The first-order valence-corrected chi connectivity index (χ1v) is 7.70. The number of carbonyl (C=O) groups is 1. The van der Waals surface area contributed by atoms with Crippen LogP contribution >= 0.6 is 67.8 Å². The molecular formula is C11H5I3O3. The Labute approximate surface area is 138 Å². The lowest BCUT2D eigenvalue weighted by Gasteiger charge is -2.10. The second-order valence-corrected chi connectivity index (χ2v) is 6.59. The maximum absolute atomic E-state index is 11.2. The summed E-state index contributed by atoms with van der Waals surface area (Å²) in [6, 6.07) is 5.47. The minimum Gasteiger partial charge on any atom is -0.478 e. The lowest BCUT2D eigenvalue weighted by atomic mass is 10.1. The normalized spacial score (nSPS) is 10.5. The number of benzene rings is 1. The highest BCUT2D eigenvalue weighted by molar-refractivity contribution is 14.1. The molecule has 0 saturated carbocycles. The van der Waals surface area contributed by atoms with Gasteiger partial charge in [0, 0.05) is 16.3 Å². The SMILES string of the molecule is O=C(O)c1c(I)cc(I)c(-c2ccco2)c1I. The molecule has 0 radical (unpaired) electrons. The highest BCUT2D eigenvalue weighted by atomic mass is 127. The Hall–Kier alpha value is 0.160. The predicted octanol–water partition coefficient (Wildman–Crippen LogP) is 4.46. The summed E-state index contributed by atoms with van der Waals surface area (Å²) in [6.45, 7) is 0. The molecule has 0 amide bonds. The van der Waals surface area contributed by atoms with Gasteiger partial charge in [-0.05, 0) is 86.0 Å². The quantitative estimate of drug-likeness (QED) is 0.547. The molecule has 2 aromatic rings. The van der Waals surface area contributed by atoms with Gasteiger partial charge in [0.15, 0.2) is 0 Å². The Morgan fingerprint density at radius 1 is 1.24 bits per heavy atom. The van der Waals surface area contributed by atoms with Gasteiger partial charge in [-0.3, -0.25) is 0 Å². The Balaban J connectivity index is 2.77. The lowest BCUT2D eigenvalue weighted by Crippen LogP contribution is -2.05. The third-order valence-electron chi connectivity index (χ3n) is 2.15. The van der Waals surface area contributed by atoms with Crippen LogP contribution in [0.4, 0.5) is 0 Å². The largest absolute Gasteiger partial charge is 0.478 e. The predicted molar refractivity (Wildman–Crippen MR) is 89.3 cm³/mol. The fourth-order valence-corrected chi connectivity index (χ4v) is 5.80. The molecule has 2 rings (SSSR count). The molecule has 6 heteroatoms. The van der Waals surface area contributed by atoms with Crippen LogP contribution in [0.15, 0.2) is 28.9 Å². The average Bonchev–Trinajstić information content (AvgIpc) is 2.69. The number of halogens is 3. The van der Waals surface area contributed by atoms with Crippen molar-refractivity contribution in [1.82, 2.24) is 0 Å². The summed E-state index contributed by atoms with van der Waals surface area (Å²) in [4.78, 5) is 11.2. The molecule has 0 aliphatic rings. The van der Waals surface area contributed by atoms with E-state index in [0.717, 1.165) is 12.7 Å². The fraction of sp³-hybridized carbons (Fsp3) is 0. The van der Waals surface area contributed by atoms with Gasteiger partial charge in [-0.15, -0.1) is 0 Å². The van der Waals surface area contributed by atoms with Crippen LogP contribution in [-0.2, 0) is 0 Å². The second-order valence-electron chi connectivity index (χ2n) is 3.19. The molecule has 1 N–H and O–H groups in total. The minimum atomic E-state index is -0.914. The van der Waals surface area contributed by atoms with Crippen LogP contribution in [0.3, 0.4) is 0 Å². The van der Waals surface area contributed by atoms with Gasteiger partial charge in [-0.2, -0.15) is 0 Å². The number of carboxylic acid groups (broad SMARTS) is 1.